The molecule has 0 N–H and O–H groups in total. The predicted molar refractivity (Wildman–Crippen MR) is 84.4 cm³/mol. The van der Waals surface area contributed by atoms with Gasteiger partial charge in [0, 0.05) is 6.07 Å². The van der Waals surface area contributed by atoms with Gasteiger partial charge in [0.05, 0.1) is 22.5 Å². The van der Waals surface area contributed by atoms with Crippen LogP contribution in [0.25, 0.3) is 11.0 Å². The van der Waals surface area contributed by atoms with E-state index >= 15 is 0 Å². The third-order valence-electron chi connectivity index (χ3n) is 3.43. The van der Waals surface area contributed by atoms with Gasteiger partial charge in [-0.15, -0.1) is 0 Å². The van der Waals surface area contributed by atoms with E-state index in [0.717, 1.165) is 22.4 Å². The quantitative estimate of drug-likeness (QED) is 0.531. The molecule has 0 fully saturated rings. The van der Waals surface area contributed by atoms with Crippen LogP contribution in [0.2, 0.25) is 0 Å². The Hall–Kier alpha value is -2.21. The van der Waals surface area contributed by atoms with Crippen molar-refractivity contribution in [3.63, 3.8) is 0 Å². The van der Waals surface area contributed by atoms with Crippen molar-refractivity contribution < 1.29 is 4.92 Å². The van der Waals surface area contributed by atoms with Crippen LogP contribution in [-0.4, -0.2) is 14.5 Å². The monoisotopic (exact) mass is 345 g/mol. The number of nitrogens with zero attached hydrogens (tertiary/aromatic N) is 3. The van der Waals surface area contributed by atoms with Gasteiger partial charge in [-0.05, 0) is 40.5 Å². The number of nitro groups is 1. The van der Waals surface area contributed by atoms with Gasteiger partial charge in [-0.3, -0.25) is 10.1 Å². The van der Waals surface area contributed by atoms with E-state index in [4.69, 9.17) is 0 Å². The molecule has 0 saturated heterocycles. The summed E-state index contributed by atoms with van der Waals surface area (Å²) in [6.45, 7) is 2.47. The van der Waals surface area contributed by atoms with Crippen molar-refractivity contribution in [2.24, 2.45) is 0 Å². The largest absolute Gasteiger partial charge is 0.324 e. The van der Waals surface area contributed by atoms with Gasteiger partial charge >= 0.3 is 0 Å². The maximum Gasteiger partial charge on any atom is 0.283 e. The van der Waals surface area contributed by atoms with Crippen LogP contribution in [0.1, 0.15) is 11.4 Å². The molecule has 106 valence electrons. The number of imidazole rings is 1. The van der Waals surface area contributed by atoms with E-state index in [9.17, 15) is 10.1 Å². The minimum atomic E-state index is -0.382. The molecule has 0 aliphatic heterocycles. The molecule has 3 aromatic rings. The number of hydrogen-bond acceptors (Lipinski definition) is 3. The van der Waals surface area contributed by atoms with Gasteiger partial charge in [-0.25, -0.2) is 4.98 Å². The average Bonchev–Trinajstić information content (AvgIpc) is 2.77. The van der Waals surface area contributed by atoms with Crippen molar-refractivity contribution in [2.75, 3.05) is 0 Å². The SMILES string of the molecule is Cc1nc2ccccc2n1Cc1cccc([N+](=O)[O-])c1Br. The van der Waals surface area contributed by atoms with Crippen LogP contribution < -0.4 is 0 Å². The van der Waals surface area contributed by atoms with Crippen molar-refractivity contribution >= 4 is 32.7 Å². The van der Waals surface area contributed by atoms with Crippen LogP contribution in [0, 0.1) is 17.0 Å². The molecule has 1 heterocycles. The van der Waals surface area contributed by atoms with E-state index in [1.807, 2.05) is 37.3 Å². The summed E-state index contributed by atoms with van der Waals surface area (Å²) in [5.74, 6) is 0.884. The maximum atomic E-state index is 11.0. The molecule has 3 rings (SSSR count). The first-order valence-corrected chi connectivity index (χ1v) is 7.21. The van der Waals surface area contributed by atoms with Crippen LogP contribution in [0.3, 0.4) is 0 Å². The highest BCUT2D eigenvalue weighted by atomic mass is 79.9. The summed E-state index contributed by atoms with van der Waals surface area (Å²) in [7, 11) is 0. The Morgan fingerprint density at radius 2 is 2.00 bits per heavy atom. The van der Waals surface area contributed by atoms with Crippen LogP contribution >= 0.6 is 15.9 Å². The van der Waals surface area contributed by atoms with E-state index in [0.29, 0.717) is 11.0 Å². The van der Waals surface area contributed by atoms with Gasteiger partial charge < -0.3 is 4.57 Å². The fraction of sp³-hybridized carbons (Fsp3) is 0.133. The van der Waals surface area contributed by atoms with Crippen molar-refractivity contribution in [1.82, 2.24) is 9.55 Å². The smallest absolute Gasteiger partial charge is 0.283 e. The predicted octanol–water partition coefficient (Wildman–Crippen LogP) is 4.06. The molecule has 1 aromatic heterocycles. The van der Waals surface area contributed by atoms with Crippen LogP contribution in [0.15, 0.2) is 46.9 Å². The molecule has 0 aliphatic rings. The van der Waals surface area contributed by atoms with Crippen LogP contribution in [-0.2, 0) is 6.54 Å². The van der Waals surface area contributed by atoms with Crippen LogP contribution in [0.5, 0.6) is 0 Å². The molecular weight excluding hydrogens is 334 g/mol. The normalized spacial score (nSPS) is 11.0. The number of hydrogen-bond donors (Lipinski definition) is 0. The molecule has 0 saturated carbocycles. The lowest BCUT2D eigenvalue weighted by Gasteiger charge is -2.09. The second-order valence-electron chi connectivity index (χ2n) is 4.74. The zero-order valence-corrected chi connectivity index (χ0v) is 12.9. The standard InChI is InChI=1S/C15H12BrN3O2/c1-10-17-12-6-2-3-7-13(12)18(10)9-11-5-4-8-14(15(11)16)19(20)21/h2-8H,9H2,1H3. The first-order valence-electron chi connectivity index (χ1n) is 6.41. The van der Waals surface area contributed by atoms with Gasteiger partial charge in [0.15, 0.2) is 0 Å². The van der Waals surface area contributed by atoms with Gasteiger partial charge in [0.2, 0.25) is 0 Å². The Bertz CT molecular complexity index is 842. The highest BCUT2D eigenvalue weighted by molar-refractivity contribution is 9.10. The molecule has 6 heteroatoms. The fourth-order valence-corrected chi connectivity index (χ4v) is 2.93. The Labute approximate surface area is 129 Å². The van der Waals surface area contributed by atoms with E-state index in [1.54, 1.807) is 6.07 Å². The molecule has 0 amide bonds. The second kappa shape index (κ2) is 5.29. The maximum absolute atomic E-state index is 11.0. The number of benzene rings is 2. The molecule has 2 aromatic carbocycles. The third-order valence-corrected chi connectivity index (χ3v) is 4.34. The molecule has 0 bridgehead atoms. The Balaban J connectivity index is 2.09. The number of halogens is 1. The number of rotatable bonds is 3. The summed E-state index contributed by atoms with van der Waals surface area (Å²) in [6.07, 6.45) is 0. The fourth-order valence-electron chi connectivity index (χ4n) is 2.40. The number of para-hydroxylation sites is 2. The van der Waals surface area contributed by atoms with Gasteiger partial charge in [0.1, 0.15) is 10.3 Å². The summed E-state index contributed by atoms with van der Waals surface area (Å²) in [5.41, 5.74) is 2.88. The highest BCUT2D eigenvalue weighted by Gasteiger charge is 2.16. The first-order chi connectivity index (χ1) is 10.1. The van der Waals surface area contributed by atoms with E-state index in [1.165, 1.54) is 6.07 Å². The first kappa shape index (κ1) is 13.8. The number of aryl methyl sites for hydroxylation is 1. The average molecular weight is 346 g/mol. The molecule has 0 aliphatic carbocycles. The minimum absolute atomic E-state index is 0.0783. The summed E-state index contributed by atoms with van der Waals surface area (Å²) < 4.78 is 2.58. The van der Waals surface area contributed by atoms with Crippen molar-refractivity contribution in [3.05, 3.63) is 68.4 Å². The molecular formula is C15H12BrN3O2. The van der Waals surface area contributed by atoms with Gasteiger partial charge in [-0.2, -0.15) is 0 Å². The minimum Gasteiger partial charge on any atom is -0.324 e. The topological polar surface area (TPSA) is 61.0 Å². The summed E-state index contributed by atoms with van der Waals surface area (Å²) in [5, 5.41) is 11.0. The van der Waals surface area contributed by atoms with Gasteiger partial charge in [0.25, 0.3) is 5.69 Å². The van der Waals surface area contributed by atoms with E-state index in [2.05, 4.69) is 25.5 Å². The Morgan fingerprint density at radius 3 is 2.76 bits per heavy atom. The number of nitro benzene ring substituents is 1. The molecule has 0 radical (unpaired) electrons. The lowest BCUT2D eigenvalue weighted by atomic mass is 10.2. The van der Waals surface area contributed by atoms with Gasteiger partial charge in [-0.1, -0.05) is 24.3 Å². The molecule has 5 nitrogen and oxygen atoms in total. The number of fused-ring (bicyclic) bond motifs is 1. The van der Waals surface area contributed by atoms with Crippen molar-refractivity contribution in [1.29, 1.82) is 0 Å². The second-order valence-corrected chi connectivity index (χ2v) is 5.53. The summed E-state index contributed by atoms with van der Waals surface area (Å²) in [6, 6.07) is 12.9. The lowest BCUT2D eigenvalue weighted by Crippen LogP contribution is -2.03. The summed E-state index contributed by atoms with van der Waals surface area (Å²) >= 11 is 3.34. The molecule has 0 atom stereocenters. The molecule has 0 spiro atoms. The summed E-state index contributed by atoms with van der Waals surface area (Å²) in [4.78, 5) is 15.1. The van der Waals surface area contributed by atoms with E-state index < -0.39 is 0 Å². The zero-order chi connectivity index (χ0) is 15.0. The lowest BCUT2D eigenvalue weighted by molar-refractivity contribution is -0.385. The molecule has 0 unspecified atom stereocenters. The van der Waals surface area contributed by atoms with Crippen molar-refractivity contribution in [3.8, 4) is 0 Å². The Kier molecular flexibility index (Phi) is 3.47. The van der Waals surface area contributed by atoms with E-state index in [-0.39, 0.29) is 10.6 Å². The van der Waals surface area contributed by atoms with Crippen molar-refractivity contribution in [2.45, 2.75) is 13.5 Å². The number of aromatic nitrogens is 2. The Morgan fingerprint density at radius 1 is 1.24 bits per heavy atom. The zero-order valence-electron chi connectivity index (χ0n) is 11.3. The third kappa shape index (κ3) is 2.42. The van der Waals surface area contributed by atoms with Crippen LogP contribution in [0.4, 0.5) is 5.69 Å². The molecule has 21 heavy (non-hydrogen) atoms. The highest BCUT2D eigenvalue weighted by Crippen LogP contribution is 2.29.